The number of carbonyl (C=O) groups is 1. The molecule has 1 unspecified atom stereocenters. The van der Waals surface area contributed by atoms with Gasteiger partial charge in [-0.05, 0) is 71.2 Å². The van der Waals surface area contributed by atoms with Crippen molar-refractivity contribution in [2.45, 2.75) is 133 Å². The number of halogens is 5. The molecule has 7 atom stereocenters. The molecular weight excluding hydrogens is 688 g/mol. The van der Waals surface area contributed by atoms with Gasteiger partial charge >= 0.3 is 6.18 Å². The molecule has 1 heterocycles. The standard InChI is InChI=1S/C33H51F5N4O5SSi/c1-19(47-20(2)33(36,37)38)28(41-48(44)31(3,4)5)30-40-25-15-21(9-12-26(25)42(30)18-45-13-14-49(6,7)8)23(17-46-22-10-11-22)27(29(39)43)24-16-32(24,34)35/h9,12,15,19-20,22-24,27-28,41H,10-11,13-14,16-18H2,1-8H3,(H2,39,43)/t19-,20-,23-,24+,27?,28+,48-/m1/s1. The smallest absolute Gasteiger partial charge is 0.378 e. The molecule has 16 heteroatoms. The van der Waals surface area contributed by atoms with Crippen molar-refractivity contribution in [3.63, 3.8) is 0 Å². The summed E-state index contributed by atoms with van der Waals surface area (Å²) in [5.41, 5.74) is 7.18. The number of hydrogen-bond acceptors (Lipinski definition) is 6. The van der Waals surface area contributed by atoms with E-state index in [1.807, 2.05) is 0 Å². The van der Waals surface area contributed by atoms with Crippen LogP contribution in [-0.4, -0.2) is 76.1 Å². The minimum Gasteiger partial charge on any atom is -0.378 e. The van der Waals surface area contributed by atoms with Crippen molar-refractivity contribution in [1.29, 1.82) is 0 Å². The Morgan fingerprint density at radius 3 is 2.33 bits per heavy atom. The van der Waals surface area contributed by atoms with Gasteiger partial charge in [-0.2, -0.15) is 13.2 Å². The van der Waals surface area contributed by atoms with Crippen LogP contribution in [0.15, 0.2) is 18.2 Å². The van der Waals surface area contributed by atoms with Gasteiger partial charge in [-0.1, -0.05) is 25.7 Å². The summed E-state index contributed by atoms with van der Waals surface area (Å²) in [6.07, 6.45) is -6.67. The first kappa shape index (κ1) is 39.8. The summed E-state index contributed by atoms with van der Waals surface area (Å²) in [7, 11) is -3.21. The van der Waals surface area contributed by atoms with Crippen LogP contribution in [0.2, 0.25) is 25.7 Å². The van der Waals surface area contributed by atoms with Crippen LogP contribution in [0.1, 0.15) is 77.2 Å². The van der Waals surface area contributed by atoms with E-state index >= 15 is 0 Å². The van der Waals surface area contributed by atoms with Crippen LogP contribution in [0, 0.1) is 11.8 Å². The first-order valence-corrected chi connectivity index (χ1v) is 21.6. The van der Waals surface area contributed by atoms with Gasteiger partial charge in [0.2, 0.25) is 5.91 Å². The quantitative estimate of drug-likeness (QED) is 0.0986. The Morgan fingerprint density at radius 1 is 1.18 bits per heavy atom. The summed E-state index contributed by atoms with van der Waals surface area (Å²) in [5, 5.41) is 0. The summed E-state index contributed by atoms with van der Waals surface area (Å²) in [6.45, 7) is 14.6. The second-order valence-corrected chi connectivity index (χ2v) is 23.3. The summed E-state index contributed by atoms with van der Waals surface area (Å²) in [4.78, 5) is 17.5. The van der Waals surface area contributed by atoms with Gasteiger partial charge in [0.1, 0.15) is 18.6 Å². The topological polar surface area (TPSA) is 118 Å². The largest absolute Gasteiger partial charge is 0.414 e. The zero-order valence-corrected chi connectivity index (χ0v) is 31.4. The van der Waals surface area contributed by atoms with Gasteiger partial charge in [0.15, 0.2) is 6.10 Å². The lowest BCUT2D eigenvalue weighted by Crippen LogP contribution is -2.43. The molecule has 0 saturated heterocycles. The first-order chi connectivity index (χ1) is 22.5. The second kappa shape index (κ2) is 14.9. The summed E-state index contributed by atoms with van der Waals surface area (Å²) >= 11 is 0. The number of alkyl halides is 5. The highest BCUT2D eigenvalue weighted by Crippen LogP contribution is 2.56. The molecular formula is C33H51F5N4O5SSi. The molecule has 2 aromatic rings. The van der Waals surface area contributed by atoms with Gasteiger partial charge in [0.05, 0.1) is 51.5 Å². The van der Waals surface area contributed by atoms with E-state index in [2.05, 4.69) is 24.4 Å². The van der Waals surface area contributed by atoms with E-state index in [4.69, 9.17) is 24.9 Å². The number of nitrogens with one attached hydrogen (secondary N) is 1. The third-order valence-corrected chi connectivity index (χ3v) is 12.3. The first-order valence-electron chi connectivity index (χ1n) is 16.8. The number of hydrogen-bond donors (Lipinski definition) is 2. The monoisotopic (exact) mass is 738 g/mol. The highest BCUT2D eigenvalue weighted by molar-refractivity contribution is 7.84. The maximum atomic E-state index is 14.4. The van der Waals surface area contributed by atoms with Crippen molar-refractivity contribution in [1.82, 2.24) is 14.3 Å². The number of aromatic nitrogens is 2. The van der Waals surface area contributed by atoms with Crippen LogP contribution in [0.25, 0.3) is 11.0 Å². The van der Waals surface area contributed by atoms with Gasteiger partial charge in [0.25, 0.3) is 5.92 Å². The number of nitrogens with zero attached hydrogens (tertiary/aromatic N) is 2. The molecule has 2 aliphatic carbocycles. The van der Waals surface area contributed by atoms with Gasteiger partial charge in [0, 0.05) is 32.9 Å². The van der Waals surface area contributed by atoms with E-state index in [1.54, 1.807) is 43.5 Å². The Morgan fingerprint density at radius 2 is 1.82 bits per heavy atom. The zero-order valence-electron chi connectivity index (χ0n) is 29.5. The van der Waals surface area contributed by atoms with E-state index in [0.717, 1.165) is 25.8 Å². The molecule has 49 heavy (non-hydrogen) atoms. The molecule has 0 bridgehead atoms. The normalized spacial score (nSPS) is 22.0. The minimum absolute atomic E-state index is 0.00492. The number of ether oxygens (including phenoxy) is 3. The van der Waals surface area contributed by atoms with E-state index in [1.165, 1.54) is 6.92 Å². The van der Waals surface area contributed by atoms with Crippen LogP contribution >= 0.6 is 0 Å². The molecule has 278 valence electrons. The number of fused-ring (bicyclic) bond motifs is 1. The highest BCUT2D eigenvalue weighted by atomic mass is 32.2. The van der Waals surface area contributed by atoms with E-state index < -0.39 is 84.2 Å². The second-order valence-electron chi connectivity index (χ2n) is 15.6. The number of benzene rings is 1. The number of imidazole rings is 1. The van der Waals surface area contributed by atoms with Crippen molar-refractivity contribution in [3.05, 3.63) is 29.6 Å². The van der Waals surface area contributed by atoms with Crippen molar-refractivity contribution < 1.29 is 45.2 Å². The number of amides is 1. The lowest BCUT2D eigenvalue weighted by molar-refractivity contribution is -0.227. The van der Waals surface area contributed by atoms with E-state index in [9.17, 15) is 31.0 Å². The third kappa shape index (κ3) is 10.5. The molecule has 2 saturated carbocycles. The number of rotatable bonds is 18. The van der Waals surface area contributed by atoms with Crippen molar-refractivity contribution in [2.75, 3.05) is 13.2 Å². The van der Waals surface area contributed by atoms with Crippen LogP contribution in [-0.2, 0) is 36.7 Å². The Kier molecular flexibility index (Phi) is 12.1. The van der Waals surface area contributed by atoms with Gasteiger partial charge in [-0.25, -0.2) is 22.7 Å². The van der Waals surface area contributed by atoms with Crippen LogP contribution in [0.4, 0.5) is 22.0 Å². The predicted molar refractivity (Wildman–Crippen MR) is 181 cm³/mol. The summed E-state index contributed by atoms with van der Waals surface area (Å²) < 4.78 is 104. The van der Waals surface area contributed by atoms with E-state index in [-0.39, 0.29) is 25.3 Å². The molecule has 0 aliphatic heterocycles. The van der Waals surface area contributed by atoms with Gasteiger partial charge in [-0.15, -0.1) is 0 Å². The summed E-state index contributed by atoms with van der Waals surface area (Å²) in [6, 6.07) is 4.89. The van der Waals surface area contributed by atoms with Crippen molar-refractivity contribution in [3.8, 4) is 0 Å². The van der Waals surface area contributed by atoms with E-state index in [0.29, 0.717) is 23.2 Å². The fourth-order valence-corrected chi connectivity index (χ4v) is 7.25. The molecule has 0 spiro atoms. The summed E-state index contributed by atoms with van der Waals surface area (Å²) in [5.74, 6) is -6.79. The third-order valence-electron chi connectivity index (χ3n) is 8.97. The number of nitrogens with two attached hydrogens (primary N) is 1. The predicted octanol–water partition coefficient (Wildman–Crippen LogP) is 6.82. The fourth-order valence-electron chi connectivity index (χ4n) is 5.61. The lowest BCUT2D eigenvalue weighted by Gasteiger charge is -2.30. The Bertz CT molecular complexity index is 1490. The van der Waals surface area contributed by atoms with Crippen molar-refractivity contribution >= 4 is 36.0 Å². The molecule has 2 fully saturated rings. The van der Waals surface area contributed by atoms with Crippen LogP contribution < -0.4 is 10.5 Å². The zero-order chi connectivity index (χ0) is 36.7. The van der Waals surface area contributed by atoms with Crippen LogP contribution in [0.3, 0.4) is 0 Å². The molecule has 3 N–H and O–H groups in total. The fraction of sp³-hybridized carbons (Fsp3) is 0.758. The maximum Gasteiger partial charge on any atom is 0.414 e. The average Bonchev–Trinajstić information content (AvgIpc) is 3.86. The molecule has 2 aliphatic rings. The molecule has 9 nitrogen and oxygen atoms in total. The average molecular weight is 739 g/mol. The highest BCUT2D eigenvalue weighted by Gasteiger charge is 2.63. The molecule has 1 aromatic carbocycles. The Labute approximate surface area is 288 Å². The number of carbonyl (C=O) groups excluding carboxylic acids is 1. The maximum absolute atomic E-state index is 14.4. The minimum atomic E-state index is -4.64. The molecule has 1 aromatic heterocycles. The lowest BCUT2D eigenvalue weighted by atomic mass is 9.82. The van der Waals surface area contributed by atoms with Gasteiger partial charge < -0.3 is 24.5 Å². The SMILES string of the molecule is C[C@@H](O[C@H](C)C(F)(F)F)[C@H](N[S@](=O)C(C)(C)C)c1nc2cc([C@@H](COC3CC3)C(C(N)=O)[C@@H]3CC3(F)F)ccc2n1COCC[Si](C)(C)C. The van der Waals surface area contributed by atoms with Gasteiger partial charge in [-0.3, -0.25) is 4.79 Å². The number of primary amides is 1. The Balaban J connectivity index is 1.81. The molecule has 1 amide bonds. The van der Waals surface area contributed by atoms with Crippen molar-refractivity contribution in [2.24, 2.45) is 17.6 Å². The Hall–Kier alpha value is -1.98. The molecule has 4 rings (SSSR count). The van der Waals surface area contributed by atoms with Crippen LogP contribution in [0.5, 0.6) is 0 Å². The molecule has 0 radical (unpaired) electrons.